The Bertz CT molecular complexity index is 1460. The molecule has 196 valence electrons. The molecule has 0 atom stereocenters. The first-order valence-electron chi connectivity index (χ1n) is 9.66. The van der Waals surface area contributed by atoms with Gasteiger partial charge in [0.25, 0.3) is 0 Å². The Hall–Kier alpha value is -3.23. The van der Waals surface area contributed by atoms with Gasteiger partial charge in [-0.15, -0.1) is 22.7 Å². The number of rotatable bonds is 4. The van der Waals surface area contributed by atoms with Gasteiger partial charge in [0, 0.05) is 55.1 Å². The molecule has 0 aliphatic rings. The van der Waals surface area contributed by atoms with E-state index in [1.165, 1.54) is 10.8 Å². The van der Waals surface area contributed by atoms with Crippen LogP contribution in [0.3, 0.4) is 0 Å². The van der Waals surface area contributed by atoms with Crippen LogP contribution in [0.2, 0.25) is 0 Å². The molecule has 5 aromatic rings. The zero-order valence-electron chi connectivity index (χ0n) is 17.6. The summed E-state index contributed by atoms with van der Waals surface area (Å²) in [5.74, 6) is -1.57. The number of hydrogen-bond acceptors (Lipinski definition) is 8. The molecular weight excluding hydrogens is 729 g/mol. The van der Waals surface area contributed by atoms with Gasteiger partial charge in [-0.3, -0.25) is 0 Å². The van der Waals surface area contributed by atoms with Crippen LogP contribution < -0.4 is 0 Å². The van der Waals surface area contributed by atoms with Crippen molar-refractivity contribution in [2.24, 2.45) is 0 Å². The minimum absolute atomic E-state index is 0. The Morgan fingerprint density at radius 2 is 1.05 bits per heavy atom. The fraction of sp³-hybridized carbons (Fsp3) is 0.100. The molecule has 2 N–H and O–H groups in total. The Kier molecular flexibility index (Phi) is 6.94. The fourth-order valence-electron chi connectivity index (χ4n) is 3.19. The molecule has 0 radical (unpaired) electrons. The van der Waals surface area contributed by atoms with Gasteiger partial charge in [0.1, 0.15) is 10.0 Å². The van der Waals surface area contributed by atoms with Crippen LogP contribution in [0.4, 0.5) is 26.3 Å². The molecule has 1 aromatic carbocycles. The van der Waals surface area contributed by atoms with Crippen molar-refractivity contribution in [1.82, 2.24) is 29.5 Å². The number of halogens is 6. The van der Waals surface area contributed by atoms with E-state index in [2.05, 4.69) is 20.2 Å². The summed E-state index contributed by atoms with van der Waals surface area (Å²) in [5.41, 5.74) is -1.50. The second-order valence-electron chi connectivity index (χ2n) is 7.16. The van der Waals surface area contributed by atoms with Crippen LogP contribution >= 0.6 is 22.7 Å². The molecule has 0 aliphatic carbocycles. The summed E-state index contributed by atoms with van der Waals surface area (Å²) in [6.45, 7) is 0. The van der Waals surface area contributed by atoms with E-state index < -0.39 is 35.5 Å². The number of nitrogens with zero attached hydrogens (tertiary/aromatic N) is 6. The summed E-state index contributed by atoms with van der Waals surface area (Å²) in [4.78, 5) is 8.58. The second kappa shape index (κ2) is 9.58. The smallest absolute Gasteiger partial charge is 0.435 e. The summed E-state index contributed by atoms with van der Waals surface area (Å²) in [6, 6.07) is 7.71. The van der Waals surface area contributed by atoms with Crippen LogP contribution in [0.25, 0.3) is 32.8 Å². The maximum atomic E-state index is 12.9. The topological polar surface area (TPSA) is 102 Å². The van der Waals surface area contributed by atoms with Gasteiger partial charge < -0.3 is 10.2 Å². The van der Waals surface area contributed by atoms with Gasteiger partial charge in [-0.2, -0.15) is 45.9 Å². The van der Waals surface area contributed by atoms with E-state index in [4.69, 9.17) is 0 Å². The van der Waals surface area contributed by atoms with Crippen molar-refractivity contribution in [2.45, 2.75) is 12.4 Å². The first kappa shape index (κ1) is 26.8. The number of alkyl halides is 6. The van der Waals surface area contributed by atoms with E-state index in [-0.39, 0.29) is 32.7 Å². The summed E-state index contributed by atoms with van der Waals surface area (Å²) in [6.07, 6.45) is -9.50. The van der Waals surface area contributed by atoms with Crippen molar-refractivity contribution in [3.05, 3.63) is 58.5 Å². The molecule has 0 spiro atoms. The Labute approximate surface area is 224 Å². The summed E-state index contributed by atoms with van der Waals surface area (Å²) in [5, 5.41) is 30.1. The number of thiazole rings is 2. The Balaban J connectivity index is 0.00000320. The van der Waals surface area contributed by atoms with Crippen molar-refractivity contribution >= 4 is 22.7 Å². The third kappa shape index (κ3) is 5.13. The van der Waals surface area contributed by atoms with Crippen molar-refractivity contribution in [3.63, 3.8) is 0 Å². The monoisotopic (exact) mass is 739 g/mol. The predicted octanol–water partition coefficient (Wildman–Crippen LogP) is 5.75. The molecule has 8 nitrogen and oxygen atoms in total. The molecule has 5 rings (SSSR count). The molecule has 17 heteroatoms. The Morgan fingerprint density at radius 1 is 0.676 bits per heavy atom. The van der Waals surface area contributed by atoms with Crippen LogP contribution in [0.5, 0.6) is 11.8 Å². The van der Waals surface area contributed by atoms with Crippen molar-refractivity contribution in [3.8, 4) is 44.5 Å². The minimum Gasteiger partial charge on any atom is -0.493 e. The van der Waals surface area contributed by atoms with Gasteiger partial charge in [0.15, 0.2) is 23.0 Å². The zero-order chi connectivity index (χ0) is 25.8. The Morgan fingerprint density at radius 3 is 1.38 bits per heavy atom. The minimum atomic E-state index is -4.75. The van der Waals surface area contributed by atoms with E-state index >= 15 is 0 Å². The molecule has 0 saturated heterocycles. The zero-order valence-corrected chi connectivity index (χ0v) is 21.5. The van der Waals surface area contributed by atoms with E-state index in [1.807, 2.05) is 0 Å². The summed E-state index contributed by atoms with van der Waals surface area (Å²) >= 11 is 2.15. The van der Waals surface area contributed by atoms with E-state index in [1.54, 1.807) is 24.3 Å². The maximum Gasteiger partial charge on any atom is 0.435 e. The number of hydrogen-bond donors (Lipinski definition) is 2. The first-order chi connectivity index (χ1) is 16.9. The van der Waals surface area contributed by atoms with Crippen LogP contribution in [-0.4, -0.2) is 39.7 Å². The fourth-order valence-corrected chi connectivity index (χ4v) is 4.83. The standard InChI is InChI=1S/C20H10F6N6O2S2.Pt/c21-19(22,23)11-5-15(33)31(29-11)13-7-35-17(27-13)9-3-1-2-4-10(9)18-28-14(8-36-18)32-16(34)6-12(30-32)20(24,25)26;/h1-8,33-34H;. The number of aromatic nitrogens is 6. The largest absolute Gasteiger partial charge is 0.493 e. The average Bonchev–Trinajstić information content (AvgIpc) is 3.58. The predicted molar refractivity (Wildman–Crippen MR) is 116 cm³/mol. The third-order valence-corrected chi connectivity index (χ3v) is 6.49. The second-order valence-corrected chi connectivity index (χ2v) is 8.88. The van der Waals surface area contributed by atoms with Crippen LogP contribution in [-0.2, 0) is 33.4 Å². The molecule has 4 heterocycles. The third-order valence-electron chi connectivity index (χ3n) is 4.77. The molecule has 0 amide bonds. The van der Waals surface area contributed by atoms with Crippen LogP contribution in [0, 0.1) is 0 Å². The van der Waals surface area contributed by atoms with E-state index in [9.17, 15) is 36.6 Å². The van der Waals surface area contributed by atoms with E-state index in [0.29, 0.717) is 42.6 Å². The molecule has 0 bridgehead atoms. The number of benzene rings is 1. The van der Waals surface area contributed by atoms with Crippen molar-refractivity contribution < 1.29 is 57.6 Å². The van der Waals surface area contributed by atoms with Gasteiger partial charge in [-0.05, 0) is 0 Å². The van der Waals surface area contributed by atoms with Gasteiger partial charge in [0.2, 0.25) is 11.8 Å². The molecule has 4 aromatic heterocycles. The summed E-state index contributed by atoms with van der Waals surface area (Å²) in [7, 11) is 0. The van der Waals surface area contributed by atoms with Crippen molar-refractivity contribution in [1.29, 1.82) is 0 Å². The average molecular weight is 740 g/mol. The molecule has 0 aliphatic heterocycles. The SMILES string of the molecule is Oc1cc(C(F)(F)F)nn1-c1csc(-c2ccccc2-c2nc(-n3nc(C(F)(F)F)cc3O)cs2)n1.[Pt]. The van der Waals surface area contributed by atoms with Crippen LogP contribution in [0.15, 0.2) is 47.2 Å². The first-order valence-corrected chi connectivity index (χ1v) is 11.4. The number of aromatic hydroxyl groups is 2. The molecular formula is C20H10F6N6O2PtS2. The van der Waals surface area contributed by atoms with Gasteiger partial charge in [-0.1, -0.05) is 24.3 Å². The normalized spacial score (nSPS) is 12.1. The van der Waals surface area contributed by atoms with Gasteiger partial charge in [-0.25, -0.2) is 9.97 Å². The molecule has 0 saturated carbocycles. The van der Waals surface area contributed by atoms with Gasteiger partial charge >= 0.3 is 12.4 Å². The van der Waals surface area contributed by atoms with Crippen molar-refractivity contribution in [2.75, 3.05) is 0 Å². The molecule has 37 heavy (non-hydrogen) atoms. The van der Waals surface area contributed by atoms with E-state index in [0.717, 1.165) is 22.7 Å². The quantitative estimate of drug-likeness (QED) is 0.228. The molecule has 0 fully saturated rings. The van der Waals surface area contributed by atoms with Crippen LogP contribution in [0.1, 0.15) is 11.4 Å². The van der Waals surface area contributed by atoms with Gasteiger partial charge in [0.05, 0.1) is 0 Å². The maximum absolute atomic E-state index is 12.9. The molecule has 0 unspecified atom stereocenters. The summed E-state index contributed by atoms with van der Waals surface area (Å²) < 4.78 is 78.9.